The van der Waals surface area contributed by atoms with Crippen LogP contribution in [0.4, 0.5) is 5.69 Å². The van der Waals surface area contributed by atoms with Crippen LogP contribution in [0.25, 0.3) is 0 Å². The molecule has 2 aromatic rings. The van der Waals surface area contributed by atoms with Gasteiger partial charge in [-0.05, 0) is 30.8 Å². The molecule has 0 spiro atoms. The van der Waals surface area contributed by atoms with E-state index in [4.69, 9.17) is 23.1 Å². The SMILES string of the molecule is Cc1nc(Sc2c(N)cc(C(N)=O)cc2Cl)n[nH]1. The van der Waals surface area contributed by atoms with E-state index in [0.29, 0.717) is 26.6 Å². The number of anilines is 1. The number of nitrogen functional groups attached to an aromatic ring is 1. The fraction of sp³-hybridized carbons (Fsp3) is 0.100. The van der Waals surface area contributed by atoms with Gasteiger partial charge in [0.25, 0.3) is 0 Å². The van der Waals surface area contributed by atoms with Gasteiger partial charge in [0, 0.05) is 11.3 Å². The zero-order valence-corrected chi connectivity index (χ0v) is 11.0. The molecule has 2 rings (SSSR count). The minimum absolute atomic E-state index is 0.271. The van der Waals surface area contributed by atoms with Gasteiger partial charge in [0.15, 0.2) is 0 Å². The van der Waals surface area contributed by atoms with Gasteiger partial charge in [0.05, 0.1) is 9.92 Å². The third-order valence-corrected chi connectivity index (χ3v) is 3.56. The standard InChI is InChI=1S/C10H10ClN5OS/c1-4-14-10(16-15-4)18-8-6(11)2-5(9(13)17)3-7(8)12/h2-3H,12H2,1H3,(H2,13,17)(H,14,15,16). The van der Waals surface area contributed by atoms with Crippen LogP contribution in [0.2, 0.25) is 5.02 Å². The summed E-state index contributed by atoms with van der Waals surface area (Å²) in [5.74, 6) is 0.120. The number of amides is 1. The van der Waals surface area contributed by atoms with Gasteiger partial charge < -0.3 is 11.5 Å². The van der Waals surface area contributed by atoms with E-state index in [1.165, 1.54) is 23.9 Å². The van der Waals surface area contributed by atoms with Gasteiger partial charge in [0.1, 0.15) is 5.82 Å². The molecule has 94 valence electrons. The van der Waals surface area contributed by atoms with Crippen LogP contribution in [0.1, 0.15) is 16.2 Å². The van der Waals surface area contributed by atoms with Crippen molar-refractivity contribution < 1.29 is 4.79 Å². The fourth-order valence-electron chi connectivity index (χ4n) is 1.32. The van der Waals surface area contributed by atoms with Crippen LogP contribution in [0.5, 0.6) is 0 Å². The van der Waals surface area contributed by atoms with E-state index in [1.54, 1.807) is 6.92 Å². The maximum atomic E-state index is 11.0. The predicted molar refractivity (Wildman–Crippen MR) is 69.6 cm³/mol. The molecule has 0 aliphatic rings. The van der Waals surface area contributed by atoms with E-state index in [2.05, 4.69) is 15.2 Å². The zero-order valence-electron chi connectivity index (χ0n) is 9.40. The molecular weight excluding hydrogens is 274 g/mol. The van der Waals surface area contributed by atoms with Crippen LogP contribution < -0.4 is 11.5 Å². The lowest BCUT2D eigenvalue weighted by atomic mass is 10.2. The quantitative estimate of drug-likeness (QED) is 0.741. The minimum Gasteiger partial charge on any atom is -0.398 e. The first kappa shape index (κ1) is 12.7. The normalized spacial score (nSPS) is 10.6. The van der Waals surface area contributed by atoms with Crippen LogP contribution >= 0.6 is 23.4 Å². The summed E-state index contributed by atoms with van der Waals surface area (Å²) in [5, 5.41) is 7.54. The smallest absolute Gasteiger partial charge is 0.248 e. The minimum atomic E-state index is -0.575. The summed E-state index contributed by atoms with van der Waals surface area (Å²) in [7, 11) is 0. The predicted octanol–water partition coefficient (Wildman–Crippen LogP) is 1.60. The molecule has 1 aromatic heterocycles. The number of benzene rings is 1. The highest BCUT2D eigenvalue weighted by Crippen LogP contribution is 2.36. The van der Waals surface area contributed by atoms with Gasteiger partial charge in [-0.3, -0.25) is 9.89 Å². The van der Waals surface area contributed by atoms with Gasteiger partial charge in [-0.1, -0.05) is 11.6 Å². The summed E-state index contributed by atoms with van der Waals surface area (Å²) in [4.78, 5) is 15.8. The first-order chi connectivity index (χ1) is 8.47. The van der Waals surface area contributed by atoms with Crippen molar-refractivity contribution in [1.82, 2.24) is 15.2 Å². The molecule has 6 nitrogen and oxygen atoms in total. The van der Waals surface area contributed by atoms with Crippen LogP contribution in [0, 0.1) is 6.92 Å². The number of aromatic amines is 1. The van der Waals surface area contributed by atoms with Crippen molar-refractivity contribution in [3.8, 4) is 0 Å². The highest BCUT2D eigenvalue weighted by Gasteiger charge is 2.13. The Morgan fingerprint density at radius 1 is 1.50 bits per heavy atom. The monoisotopic (exact) mass is 283 g/mol. The topological polar surface area (TPSA) is 111 Å². The van der Waals surface area contributed by atoms with E-state index < -0.39 is 5.91 Å². The number of halogens is 1. The van der Waals surface area contributed by atoms with Gasteiger partial charge in [-0.25, -0.2) is 4.98 Å². The second-order valence-corrected chi connectivity index (χ2v) is 4.93. The van der Waals surface area contributed by atoms with Crippen molar-refractivity contribution in [1.29, 1.82) is 0 Å². The van der Waals surface area contributed by atoms with E-state index in [1.807, 2.05) is 0 Å². The lowest BCUT2D eigenvalue weighted by Gasteiger charge is -2.07. The summed E-state index contributed by atoms with van der Waals surface area (Å²) in [6.07, 6.45) is 0. The molecule has 1 amide bonds. The van der Waals surface area contributed by atoms with Gasteiger partial charge in [0.2, 0.25) is 11.1 Å². The molecule has 5 N–H and O–H groups in total. The third-order valence-electron chi connectivity index (χ3n) is 2.13. The Bertz CT molecular complexity index is 589. The summed E-state index contributed by atoms with van der Waals surface area (Å²) in [6.45, 7) is 1.79. The van der Waals surface area contributed by atoms with Crippen LogP contribution in [0.15, 0.2) is 22.2 Å². The van der Waals surface area contributed by atoms with Gasteiger partial charge in [-0.15, -0.1) is 5.10 Å². The molecule has 0 saturated carbocycles. The van der Waals surface area contributed by atoms with Crippen molar-refractivity contribution in [2.75, 3.05) is 5.73 Å². The van der Waals surface area contributed by atoms with E-state index in [9.17, 15) is 4.79 Å². The molecule has 0 fully saturated rings. The number of nitrogens with one attached hydrogen (secondary N) is 1. The lowest BCUT2D eigenvalue weighted by molar-refractivity contribution is 0.100. The summed E-state index contributed by atoms with van der Waals surface area (Å²) < 4.78 is 0. The third kappa shape index (κ3) is 2.57. The van der Waals surface area contributed by atoms with E-state index >= 15 is 0 Å². The molecule has 8 heteroatoms. The molecule has 0 saturated heterocycles. The van der Waals surface area contributed by atoms with Crippen LogP contribution in [0.3, 0.4) is 0 Å². The fourth-order valence-corrected chi connectivity index (χ4v) is 2.46. The number of aryl methyl sites for hydroxylation is 1. The summed E-state index contributed by atoms with van der Waals surface area (Å²) in [5.41, 5.74) is 11.6. The Hall–Kier alpha value is -1.73. The van der Waals surface area contributed by atoms with E-state index in [0.717, 1.165) is 0 Å². The van der Waals surface area contributed by atoms with Crippen molar-refractivity contribution >= 4 is 35.0 Å². The van der Waals surface area contributed by atoms with Crippen LogP contribution in [-0.2, 0) is 0 Å². The lowest BCUT2D eigenvalue weighted by Crippen LogP contribution is -2.11. The molecule has 0 unspecified atom stereocenters. The molecule has 1 heterocycles. The van der Waals surface area contributed by atoms with Gasteiger partial charge >= 0.3 is 0 Å². The summed E-state index contributed by atoms with van der Waals surface area (Å²) >= 11 is 7.28. The first-order valence-corrected chi connectivity index (χ1v) is 6.12. The average molecular weight is 284 g/mol. The number of aromatic nitrogens is 3. The highest BCUT2D eigenvalue weighted by molar-refractivity contribution is 7.99. The molecule has 0 radical (unpaired) electrons. The molecule has 0 bridgehead atoms. The number of hydrogen-bond acceptors (Lipinski definition) is 5. The molecule has 0 aliphatic carbocycles. The Labute approximate surface area is 112 Å². The highest BCUT2D eigenvalue weighted by atomic mass is 35.5. The molecular formula is C10H10ClN5OS. The summed E-state index contributed by atoms with van der Waals surface area (Å²) in [6, 6.07) is 2.96. The van der Waals surface area contributed by atoms with Crippen LogP contribution in [-0.4, -0.2) is 21.1 Å². The molecule has 0 aliphatic heterocycles. The second-order valence-electron chi connectivity index (χ2n) is 3.55. The largest absolute Gasteiger partial charge is 0.398 e. The maximum absolute atomic E-state index is 11.0. The number of nitrogens with zero attached hydrogens (tertiary/aromatic N) is 2. The Kier molecular flexibility index (Phi) is 3.44. The maximum Gasteiger partial charge on any atom is 0.248 e. The number of rotatable bonds is 3. The van der Waals surface area contributed by atoms with Gasteiger partial charge in [-0.2, -0.15) is 0 Å². The number of carbonyl (C=O) groups excluding carboxylic acids is 1. The van der Waals surface area contributed by atoms with Crippen molar-refractivity contribution in [3.05, 3.63) is 28.5 Å². The number of primary amides is 1. The Morgan fingerprint density at radius 2 is 2.22 bits per heavy atom. The van der Waals surface area contributed by atoms with Crippen molar-refractivity contribution in [3.63, 3.8) is 0 Å². The molecule has 1 aromatic carbocycles. The number of H-pyrrole nitrogens is 1. The Balaban J connectivity index is 2.37. The Morgan fingerprint density at radius 3 is 2.72 bits per heavy atom. The number of carbonyl (C=O) groups is 1. The van der Waals surface area contributed by atoms with E-state index in [-0.39, 0.29) is 5.56 Å². The molecule has 0 atom stereocenters. The number of hydrogen-bond donors (Lipinski definition) is 3. The second kappa shape index (κ2) is 4.87. The number of nitrogens with two attached hydrogens (primary N) is 2. The van der Waals surface area contributed by atoms with Crippen molar-refractivity contribution in [2.24, 2.45) is 5.73 Å². The zero-order chi connectivity index (χ0) is 13.3. The molecule has 18 heavy (non-hydrogen) atoms. The van der Waals surface area contributed by atoms with Crippen molar-refractivity contribution in [2.45, 2.75) is 17.0 Å². The average Bonchev–Trinajstić information content (AvgIpc) is 2.69. The first-order valence-electron chi connectivity index (χ1n) is 4.93.